The van der Waals surface area contributed by atoms with Crippen LogP contribution in [0, 0.1) is 5.92 Å². The van der Waals surface area contributed by atoms with E-state index in [1.54, 1.807) is 0 Å². The Morgan fingerprint density at radius 1 is 1.28 bits per heavy atom. The van der Waals surface area contributed by atoms with E-state index in [1.165, 1.54) is 12.7 Å². The topological polar surface area (TPSA) is 38.3 Å². The fourth-order valence-electron chi connectivity index (χ4n) is 1.64. The molecule has 3 nitrogen and oxygen atoms in total. The van der Waals surface area contributed by atoms with Crippen molar-refractivity contribution in [2.24, 2.45) is 5.92 Å². The van der Waals surface area contributed by atoms with Crippen molar-refractivity contribution in [3.05, 3.63) is 29.8 Å². The Morgan fingerprint density at radius 2 is 1.83 bits per heavy atom. The molecule has 1 aromatic rings. The van der Waals surface area contributed by atoms with E-state index in [4.69, 9.17) is 0 Å². The van der Waals surface area contributed by atoms with E-state index in [-0.39, 0.29) is 17.3 Å². The first-order valence-corrected chi connectivity index (χ1v) is 6.27. The molecule has 0 spiro atoms. The summed E-state index contributed by atoms with van der Waals surface area (Å²) >= 11 is 0. The molecule has 100 valence electrons. The number of methoxy groups -OCH3 is 1. The third-order valence-corrected chi connectivity index (χ3v) is 2.97. The van der Waals surface area contributed by atoms with Crippen LogP contribution < -0.4 is 5.32 Å². The first-order chi connectivity index (χ1) is 8.34. The lowest BCUT2D eigenvalue weighted by Crippen LogP contribution is -2.21. The summed E-state index contributed by atoms with van der Waals surface area (Å²) in [7, 11) is 1.41. The number of rotatable bonds is 4. The fourth-order valence-corrected chi connectivity index (χ4v) is 1.64. The summed E-state index contributed by atoms with van der Waals surface area (Å²) in [4.78, 5) is 11.3. The minimum Gasteiger partial charge on any atom is -0.469 e. The predicted molar refractivity (Wildman–Crippen MR) is 74.8 cm³/mol. The fraction of sp³-hybridized carbons (Fsp3) is 0.533. The number of benzene rings is 1. The number of hydrogen-bond donors (Lipinski definition) is 1. The van der Waals surface area contributed by atoms with E-state index >= 15 is 0 Å². The van der Waals surface area contributed by atoms with Crippen LogP contribution in [-0.2, 0) is 14.9 Å². The van der Waals surface area contributed by atoms with Crippen LogP contribution in [0.25, 0.3) is 0 Å². The van der Waals surface area contributed by atoms with Gasteiger partial charge in [-0.25, -0.2) is 0 Å². The summed E-state index contributed by atoms with van der Waals surface area (Å²) in [5.41, 5.74) is 2.49. The standard InChI is InChI=1S/C15H23NO2/c1-11(14(17)18-5)10-16-13-8-6-12(7-9-13)15(2,3)4/h6-9,11,16H,10H2,1-5H3. The zero-order valence-electron chi connectivity index (χ0n) is 11.9. The monoisotopic (exact) mass is 249 g/mol. The van der Waals surface area contributed by atoms with Gasteiger partial charge in [-0.3, -0.25) is 4.79 Å². The normalized spacial score (nSPS) is 12.9. The van der Waals surface area contributed by atoms with E-state index in [1.807, 2.05) is 19.1 Å². The Labute approximate surface area is 110 Å². The van der Waals surface area contributed by atoms with Gasteiger partial charge in [0.25, 0.3) is 0 Å². The molecule has 0 heterocycles. The molecule has 0 aliphatic heterocycles. The summed E-state index contributed by atoms with van der Waals surface area (Å²) in [5.74, 6) is -0.328. The van der Waals surface area contributed by atoms with E-state index in [0.29, 0.717) is 6.54 Å². The highest BCUT2D eigenvalue weighted by atomic mass is 16.5. The molecular weight excluding hydrogens is 226 g/mol. The molecule has 1 atom stereocenters. The van der Waals surface area contributed by atoms with E-state index in [0.717, 1.165) is 5.69 Å². The highest BCUT2D eigenvalue weighted by molar-refractivity contribution is 5.72. The van der Waals surface area contributed by atoms with Gasteiger partial charge in [-0.15, -0.1) is 0 Å². The van der Waals surface area contributed by atoms with Crippen molar-refractivity contribution in [1.82, 2.24) is 0 Å². The quantitative estimate of drug-likeness (QED) is 0.833. The van der Waals surface area contributed by atoms with Crippen molar-refractivity contribution in [2.45, 2.75) is 33.1 Å². The van der Waals surface area contributed by atoms with E-state index < -0.39 is 0 Å². The molecule has 18 heavy (non-hydrogen) atoms. The molecule has 1 N–H and O–H groups in total. The largest absolute Gasteiger partial charge is 0.469 e. The van der Waals surface area contributed by atoms with Gasteiger partial charge < -0.3 is 10.1 Å². The number of ether oxygens (including phenoxy) is 1. The molecule has 0 aliphatic carbocycles. The highest BCUT2D eigenvalue weighted by Gasteiger charge is 2.14. The van der Waals surface area contributed by atoms with Crippen LogP contribution in [0.15, 0.2) is 24.3 Å². The number of carbonyl (C=O) groups excluding carboxylic acids is 1. The van der Waals surface area contributed by atoms with Gasteiger partial charge in [0.15, 0.2) is 0 Å². The molecule has 0 bridgehead atoms. The van der Waals surface area contributed by atoms with Crippen LogP contribution in [-0.4, -0.2) is 19.6 Å². The summed E-state index contributed by atoms with van der Waals surface area (Å²) in [5, 5.41) is 3.24. The van der Waals surface area contributed by atoms with Crippen LogP contribution in [0.3, 0.4) is 0 Å². The second kappa shape index (κ2) is 5.89. The maximum atomic E-state index is 11.3. The molecule has 0 aromatic heterocycles. The van der Waals surface area contributed by atoms with Crippen LogP contribution in [0.1, 0.15) is 33.3 Å². The lowest BCUT2D eigenvalue weighted by atomic mass is 9.87. The maximum Gasteiger partial charge on any atom is 0.310 e. The average Bonchev–Trinajstić information content (AvgIpc) is 2.34. The Bertz CT molecular complexity index is 390. The van der Waals surface area contributed by atoms with Gasteiger partial charge in [-0.1, -0.05) is 39.8 Å². The van der Waals surface area contributed by atoms with Gasteiger partial charge in [0.2, 0.25) is 0 Å². The number of anilines is 1. The molecular formula is C15H23NO2. The third kappa shape index (κ3) is 4.06. The van der Waals surface area contributed by atoms with Crippen LogP contribution in [0.2, 0.25) is 0 Å². The maximum absolute atomic E-state index is 11.3. The molecule has 0 saturated carbocycles. The van der Waals surface area contributed by atoms with Gasteiger partial charge in [-0.2, -0.15) is 0 Å². The Kier molecular flexibility index (Phi) is 4.76. The minimum atomic E-state index is -0.186. The van der Waals surface area contributed by atoms with Gasteiger partial charge in [0.05, 0.1) is 13.0 Å². The van der Waals surface area contributed by atoms with Crippen molar-refractivity contribution < 1.29 is 9.53 Å². The molecule has 0 aliphatic rings. The van der Waals surface area contributed by atoms with Crippen molar-refractivity contribution in [1.29, 1.82) is 0 Å². The molecule has 0 radical (unpaired) electrons. The van der Waals surface area contributed by atoms with Gasteiger partial charge in [-0.05, 0) is 23.1 Å². The second-order valence-corrected chi connectivity index (χ2v) is 5.63. The lowest BCUT2D eigenvalue weighted by Gasteiger charge is -2.19. The van der Waals surface area contributed by atoms with E-state index in [2.05, 4.69) is 43.0 Å². The average molecular weight is 249 g/mol. The Hall–Kier alpha value is -1.51. The van der Waals surface area contributed by atoms with Crippen molar-refractivity contribution >= 4 is 11.7 Å². The van der Waals surface area contributed by atoms with Crippen molar-refractivity contribution in [3.63, 3.8) is 0 Å². The molecule has 0 fully saturated rings. The number of esters is 1. The Morgan fingerprint density at radius 3 is 2.28 bits per heavy atom. The van der Waals surface area contributed by atoms with Crippen LogP contribution in [0.4, 0.5) is 5.69 Å². The number of carbonyl (C=O) groups is 1. The lowest BCUT2D eigenvalue weighted by molar-refractivity contribution is -0.144. The first kappa shape index (κ1) is 14.6. The summed E-state index contributed by atoms with van der Waals surface area (Å²) in [6.07, 6.45) is 0. The smallest absolute Gasteiger partial charge is 0.310 e. The summed E-state index contributed by atoms with van der Waals surface area (Å²) in [6, 6.07) is 8.32. The van der Waals surface area contributed by atoms with Gasteiger partial charge in [0.1, 0.15) is 0 Å². The SMILES string of the molecule is COC(=O)C(C)CNc1ccc(C(C)(C)C)cc1. The summed E-state index contributed by atoms with van der Waals surface area (Å²) in [6.45, 7) is 9.00. The zero-order chi connectivity index (χ0) is 13.8. The number of hydrogen-bond acceptors (Lipinski definition) is 3. The second-order valence-electron chi connectivity index (χ2n) is 5.63. The van der Waals surface area contributed by atoms with Crippen LogP contribution >= 0.6 is 0 Å². The van der Waals surface area contributed by atoms with E-state index in [9.17, 15) is 4.79 Å². The van der Waals surface area contributed by atoms with Crippen LogP contribution in [0.5, 0.6) is 0 Å². The first-order valence-electron chi connectivity index (χ1n) is 6.27. The van der Waals surface area contributed by atoms with Gasteiger partial charge >= 0.3 is 5.97 Å². The predicted octanol–water partition coefficient (Wildman–Crippen LogP) is 3.21. The zero-order valence-corrected chi connectivity index (χ0v) is 11.9. The highest BCUT2D eigenvalue weighted by Crippen LogP contribution is 2.23. The van der Waals surface area contributed by atoms with Gasteiger partial charge in [0, 0.05) is 12.2 Å². The number of nitrogens with one attached hydrogen (secondary N) is 1. The molecule has 1 rings (SSSR count). The molecule has 1 aromatic carbocycles. The Balaban J connectivity index is 2.57. The summed E-state index contributed by atoms with van der Waals surface area (Å²) < 4.78 is 4.69. The van der Waals surface area contributed by atoms with Crippen molar-refractivity contribution in [2.75, 3.05) is 19.0 Å². The van der Waals surface area contributed by atoms with Crippen molar-refractivity contribution in [3.8, 4) is 0 Å². The third-order valence-electron chi connectivity index (χ3n) is 2.97. The molecule has 1 unspecified atom stereocenters. The molecule has 0 amide bonds. The minimum absolute atomic E-state index is 0.141. The molecule has 3 heteroatoms. The molecule has 0 saturated heterocycles.